The van der Waals surface area contributed by atoms with Crippen LogP contribution in [0.4, 0.5) is 5.69 Å². The van der Waals surface area contributed by atoms with Crippen LogP contribution in [0.15, 0.2) is 91.5 Å². The monoisotopic (exact) mass is 452 g/mol. The standard InChI is InChI=1S/C25H20N6O3/c32-25(18-10-11-22(23(15-18)31(33)34)30-13-12-26-16-30)29-21(14-17-6-2-1-3-7-17)24-27-19-8-4-5-9-20(19)28-24/h1-13,15-16,21H,14H2,(H,27,28)(H,29,32)/t21-/m0/s1. The summed E-state index contributed by atoms with van der Waals surface area (Å²) in [5.74, 6) is 0.185. The number of hydrogen-bond donors (Lipinski definition) is 2. The molecule has 34 heavy (non-hydrogen) atoms. The zero-order chi connectivity index (χ0) is 23.5. The number of hydrogen-bond acceptors (Lipinski definition) is 5. The van der Waals surface area contributed by atoms with Crippen molar-refractivity contribution in [3.8, 4) is 5.69 Å². The van der Waals surface area contributed by atoms with E-state index in [2.05, 4.69) is 20.3 Å². The highest BCUT2D eigenvalue weighted by atomic mass is 16.6. The second-order valence-electron chi connectivity index (χ2n) is 7.79. The van der Waals surface area contributed by atoms with Crippen LogP contribution in [0.3, 0.4) is 0 Å². The number of imidazole rings is 2. The third-order valence-electron chi connectivity index (χ3n) is 5.54. The molecule has 3 aromatic carbocycles. The van der Waals surface area contributed by atoms with E-state index in [1.54, 1.807) is 18.3 Å². The third kappa shape index (κ3) is 4.26. The SMILES string of the molecule is O=C(N[C@@H](Cc1ccccc1)c1nc2ccccc2[nH]1)c1ccc(-n2ccnc2)c([N+](=O)[O-])c1. The molecule has 0 unspecified atom stereocenters. The van der Waals surface area contributed by atoms with Crippen LogP contribution in [0.1, 0.15) is 27.8 Å². The topological polar surface area (TPSA) is 119 Å². The zero-order valence-electron chi connectivity index (χ0n) is 18.0. The maximum absolute atomic E-state index is 13.2. The van der Waals surface area contributed by atoms with E-state index in [0.717, 1.165) is 16.6 Å². The molecule has 0 spiro atoms. The normalized spacial score (nSPS) is 11.9. The summed E-state index contributed by atoms with van der Waals surface area (Å²) in [6, 6.07) is 21.3. The lowest BCUT2D eigenvalue weighted by Gasteiger charge is -2.17. The fourth-order valence-electron chi connectivity index (χ4n) is 3.88. The Morgan fingerprint density at radius 1 is 1.09 bits per heavy atom. The third-order valence-corrected chi connectivity index (χ3v) is 5.54. The summed E-state index contributed by atoms with van der Waals surface area (Å²) in [5.41, 5.74) is 3.01. The fraction of sp³-hybridized carbons (Fsp3) is 0.0800. The number of nitrogens with zero attached hydrogens (tertiary/aromatic N) is 4. The Hall–Kier alpha value is -4.79. The highest BCUT2D eigenvalue weighted by molar-refractivity contribution is 5.95. The molecule has 0 saturated heterocycles. The maximum atomic E-state index is 13.2. The highest BCUT2D eigenvalue weighted by Gasteiger charge is 2.23. The predicted molar refractivity (Wildman–Crippen MR) is 127 cm³/mol. The molecule has 2 N–H and O–H groups in total. The molecule has 168 valence electrons. The minimum Gasteiger partial charge on any atom is -0.342 e. The number of nitro benzene ring substituents is 1. The minimum atomic E-state index is -0.507. The number of nitro groups is 1. The van der Waals surface area contributed by atoms with Gasteiger partial charge in [0.25, 0.3) is 11.6 Å². The molecule has 0 aliphatic carbocycles. The van der Waals surface area contributed by atoms with Crippen molar-refractivity contribution in [2.45, 2.75) is 12.5 Å². The van der Waals surface area contributed by atoms with Crippen LogP contribution in [0, 0.1) is 10.1 Å². The average molecular weight is 452 g/mol. The van der Waals surface area contributed by atoms with Crippen LogP contribution < -0.4 is 5.32 Å². The number of amides is 1. The van der Waals surface area contributed by atoms with Gasteiger partial charge in [-0.05, 0) is 36.2 Å². The number of aromatic amines is 1. The first kappa shape index (κ1) is 21.1. The summed E-state index contributed by atoms with van der Waals surface area (Å²) in [5, 5.41) is 14.7. The first-order valence-electron chi connectivity index (χ1n) is 10.6. The number of para-hydroxylation sites is 2. The summed E-state index contributed by atoms with van der Waals surface area (Å²) in [4.78, 5) is 36.3. The molecule has 2 aromatic heterocycles. The molecule has 0 aliphatic heterocycles. The number of fused-ring (bicyclic) bond motifs is 1. The second-order valence-corrected chi connectivity index (χ2v) is 7.79. The van der Waals surface area contributed by atoms with Gasteiger partial charge in [0.05, 0.1) is 28.3 Å². The van der Waals surface area contributed by atoms with E-state index in [9.17, 15) is 14.9 Å². The Kier molecular flexibility index (Phi) is 5.57. The first-order chi connectivity index (χ1) is 16.6. The van der Waals surface area contributed by atoms with Gasteiger partial charge >= 0.3 is 0 Å². The second kappa shape index (κ2) is 8.99. The number of carbonyl (C=O) groups is 1. The first-order valence-corrected chi connectivity index (χ1v) is 10.6. The number of nitrogens with one attached hydrogen (secondary N) is 2. The van der Waals surface area contributed by atoms with Crippen molar-refractivity contribution in [1.29, 1.82) is 0 Å². The lowest BCUT2D eigenvalue weighted by molar-refractivity contribution is -0.384. The number of H-pyrrole nitrogens is 1. The maximum Gasteiger partial charge on any atom is 0.294 e. The Bertz CT molecular complexity index is 1430. The Balaban J connectivity index is 1.47. The van der Waals surface area contributed by atoms with Gasteiger partial charge in [-0.15, -0.1) is 0 Å². The van der Waals surface area contributed by atoms with Crippen LogP contribution in [-0.2, 0) is 6.42 Å². The number of carbonyl (C=O) groups excluding carboxylic acids is 1. The van der Waals surface area contributed by atoms with E-state index >= 15 is 0 Å². The van der Waals surface area contributed by atoms with Gasteiger partial charge < -0.3 is 14.9 Å². The van der Waals surface area contributed by atoms with Crippen molar-refractivity contribution >= 4 is 22.6 Å². The molecule has 0 aliphatic rings. The van der Waals surface area contributed by atoms with Gasteiger partial charge in [-0.25, -0.2) is 9.97 Å². The fourth-order valence-corrected chi connectivity index (χ4v) is 3.88. The summed E-state index contributed by atoms with van der Waals surface area (Å²) >= 11 is 0. The molecule has 0 fully saturated rings. The largest absolute Gasteiger partial charge is 0.342 e. The van der Waals surface area contributed by atoms with Crippen LogP contribution in [-0.4, -0.2) is 30.3 Å². The van der Waals surface area contributed by atoms with Crippen LogP contribution in [0.2, 0.25) is 0 Å². The molecule has 0 bridgehead atoms. The van der Waals surface area contributed by atoms with E-state index in [1.165, 1.54) is 23.2 Å². The zero-order valence-corrected chi connectivity index (χ0v) is 18.0. The molecule has 5 rings (SSSR count). The lowest BCUT2D eigenvalue weighted by Crippen LogP contribution is -2.30. The molecular weight excluding hydrogens is 432 g/mol. The van der Waals surface area contributed by atoms with Gasteiger partial charge in [-0.1, -0.05) is 42.5 Å². The van der Waals surface area contributed by atoms with Gasteiger partial charge in [-0.3, -0.25) is 14.9 Å². The van der Waals surface area contributed by atoms with Crippen molar-refractivity contribution < 1.29 is 9.72 Å². The Morgan fingerprint density at radius 3 is 2.62 bits per heavy atom. The number of aromatic nitrogens is 4. The summed E-state index contributed by atoms with van der Waals surface area (Å²) in [7, 11) is 0. The molecule has 2 heterocycles. The molecule has 0 saturated carbocycles. The highest BCUT2D eigenvalue weighted by Crippen LogP contribution is 2.25. The molecule has 9 nitrogen and oxygen atoms in total. The van der Waals surface area contributed by atoms with Gasteiger partial charge in [0.1, 0.15) is 11.5 Å². The molecule has 9 heteroatoms. The summed E-state index contributed by atoms with van der Waals surface area (Å²) < 4.78 is 1.53. The Labute approximate surface area is 194 Å². The van der Waals surface area contributed by atoms with Gasteiger partial charge in [0.15, 0.2) is 0 Å². The van der Waals surface area contributed by atoms with Crippen LogP contribution >= 0.6 is 0 Å². The van der Waals surface area contributed by atoms with E-state index in [-0.39, 0.29) is 11.3 Å². The van der Waals surface area contributed by atoms with Gasteiger partial charge in [-0.2, -0.15) is 0 Å². The quantitative estimate of drug-likeness (QED) is 0.281. The van der Waals surface area contributed by atoms with E-state index in [4.69, 9.17) is 0 Å². The predicted octanol–water partition coefficient (Wildman–Crippen LogP) is 4.37. The molecule has 5 aromatic rings. The molecular formula is C25H20N6O3. The van der Waals surface area contributed by atoms with Crippen LogP contribution in [0.25, 0.3) is 16.7 Å². The Morgan fingerprint density at radius 2 is 1.88 bits per heavy atom. The smallest absolute Gasteiger partial charge is 0.294 e. The molecule has 0 radical (unpaired) electrons. The number of rotatable bonds is 7. The van der Waals surface area contributed by atoms with Crippen molar-refractivity contribution in [2.24, 2.45) is 0 Å². The number of benzene rings is 3. The van der Waals surface area contributed by atoms with Crippen molar-refractivity contribution in [1.82, 2.24) is 24.8 Å². The minimum absolute atomic E-state index is 0.185. The van der Waals surface area contributed by atoms with E-state index < -0.39 is 16.9 Å². The summed E-state index contributed by atoms with van der Waals surface area (Å²) in [6.45, 7) is 0. The van der Waals surface area contributed by atoms with E-state index in [1.807, 2.05) is 54.6 Å². The van der Waals surface area contributed by atoms with Crippen molar-refractivity contribution in [3.05, 3.63) is 119 Å². The molecule has 1 amide bonds. The van der Waals surface area contributed by atoms with Crippen molar-refractivity contribution in [2.75, 3.05) is 0 Å². The van der Waals surface area contributed by atoms with Crippen LogP contribution in [0.5, 0.6) is 0 Å². The van der Waals surface area contributed by atoms with Gasteiger partial charge in [0, 0.05) is 24.0 Å². The van der Waals surface area contributed by atoms with E-state index in [0.29, 0.717) is 17.9 Å². The summed E-state index contributed by atoms with van der Waals surface area (Å²) in [6.07, 6.45) is 5.12. The average Bonchev–Trinajstić information content (AvgIpc) is 3.54. The van der Waals surface area contributed by atoms with Gasteiger partial charge in [0.2, 0.25) is 0 Å². The van der Waals surface area contributed by atoms with Crippen molar-refractivity contribution in [3.63, 3.8) is 0 Å². The lowest BCUT2D eigenvalue weighted by atomic mass is 10.0. The molecule has 1 atom stereocenters.